The molecule has 1 saturated carbocycles. The van der Waals surface area contributed by atoms with Crippen molar-refractivity contribution in [2.75, 3.05) is 19.7 Å². The van der Waals surface area contributed by atoms with Crippen molar-refractivity contribution in [2.45, 2.75) is 70.4 Å². The smallest absolute Gasteiger partial charge is 0.410 e. The highest BCUT2D eigenvalue weighted by molar-refractivity contribution is 5.82. The molecular formula is C19H29N3O5. The number of amides is 2. The average Bonchev–Trinajstić information content (AvgIpc) is 3.07. The molecule has 0 bridgehead atoms. The van der Waals surface area contributed by atoms with Crippen LogP contribution in [0, 0.1) is 17.2 Å². The maximum atomic E-state index is 12.3. The number of nitrogens with one attached hydrogen (secondary N) is 1. The van der Waals surface area contributed by atoms with Crippen molar-refractivity contribution in [1.82, 2.24) is 10.2 Å². The van der Waals surface area contributed by atoms with Gasteiger partial charge in [-0.05, 0) is 59.3 Å². The minimum Gasteiger partial charge on any atom is -0.455 e. The third-order valence-corrected chi connectivity index (χ3v) is 4.80. The second-order valence-corrected chi connectivity index (χ2v) is 8.32. The zero-order valence-electron chi connectivity index (χ0n) is 16.4. The van der Waals surface area contributed by atoms with E-state index in [9.17, 15) is 19.6 Å². The van der Waals surface area contributed by atoms with Crippen LogP contribution in [-0.4, -0.2) is 53.7 Å². The molecule has 1 N–H and O–H groups in total. The van der Waals surface area contributed by atoms with Crippen LogP contribution in [0.15, 0.2) is 0 Å². The molecule has 2 fully saturated rings. The van der Waals surface area contributed by atoms with Crippen molar-refractivity contribution < 1.29 is 23.9 Å². The molecule has 2 rings (SSSR count). The number of piperidine rings is 1. The Morgan fingerprint density at radius 1 is 1.22 bits per heavy atom. The van der Waals surface area contributed by atoms with Gasteiger partial charge in [-0.1, -0.05) is 0 Å². The van der Waals surface area contributed by atoms with Crippen LogP contribution in [0.5, 0.6) is 0 Å². The molecule has 0 aromatic carbocycles. The van der Waals surface area contributed by atoms with Crippen LogP contribution in [0.2, 0.25) is 0 Å². The van der Waals surface area contributed by atoms with Gasteiger partial charge in [0.15, 0.2) is 6.61 Å². The van der Waals surface area contributed by atoms with Gasteiger partial charge >= 0.3 is 12.1 Å². The second kappa shape index (κ2) is 8.59. The Balaban J connectivity index is 1.80. The number of ether oxygens (including phenoxy) is 2. The Morgan fingerprint density at radius 2 is 1.89 bits per heavy atom. The largest absolute Gasteiger partial charge is 0.455 e. The Labute approximate surface area is 160 Å². The SMILES string of the molecule is CC(C)(C)OC(=O)N1CCCC(C(=O)OCC(=O)NC2(C#N)CCCC2)C1. The van der Waals surface area contributed by atoms with Crippen molar-refractivity contribution in [2.24, 2.45) is 5.92 Å². The molecule has 2 aliphatic rings. The van der Waals surface area contributed by atoms with Gasteiger partial charge in [-0.2, -0.15) is 5.26 Å². The quantitative estimate of drug-likeness (QED) is 0.750. The van der Waals surface area contributed by atoms with E-state index in [0.717, 1.165) is 12.8 Å². The minimum atomic E-state index is -0.832. The first-order valence-corrected chi connectivity index (χ1v) is 9.51. The lowest BCUT2D eigenvalue weighted by atomic mass is 9.98. The van der Waals surface area contributed by atoms with Gasteiger partial charge in [0.2, 0.25) is 0 Å². The number of hydrogen-bond acceptors (Lipinski definition) is 6. The number of nitrogens with zero attached hydrogens (tertiary/aromatic N) is 2. The highest BCUT2D eigenvalue weighted by Gasteiger charge is 2.36. The zero-order valence-corrected chi connectivity index (χ0v) is 16.4. The first kappa shape index (κ1) is 21.0. The van der Waals surface area contributed by atoms with Gasteiger partial charge in [-0.25, -0.2) is 4.79 Å². The molecular weight excluding hydrogens is 350 g/mol. The van der Waals surface area contributed by atoms with Crippen LogP contribution in [0.3, 0.4) is 0 Å². The summed E-state index contributed by atoms with van der Waals surface area (Å²) in [6, 6.07) is 2.17. The molecule has 0 spiro atoms. The fraction of sp³-hybridized carbons (Fsp3) is 0.789. The van der Waals surface area contributed by atoms with Crippen molar-refractivity contribution in [1.29, 1.82) is 5.26 Å². The Kier molecular flexibility index (Phi) is 6.68. The van der Waals surface area contributed by atoms with Crippen LogP contribution in [-0.2, 0) is 19.1 Å². The summed E-state index contributed by atoms with van der Waals surface area (Å²) in [5, 5.41) is 12.0. The van der Waals surface area contributed by atoms with E-state index < -0.39 is 41.6 Å². The topological polar surface area (TPSA) is 109 Å². The molecule has 2 amide bonds. The van der Waals surface area contributed by atoms with Gasteiger partial charge in [-0.3, -0.25) is 9.59 Å². The summed E-state index contributed by atoms with van der Waals surface area (Å²) < 4.78 is 10.5. The van der Waals surface area contributed by atoms with Crippen LogP contribution in [0.25, 0.3) is 0 Å². The Hall–Kier alpha value is -2.30. The first-order valence-electron chi connectivity index (χ1n) is 9.51. The molecule has 8 nitrogen and oxygen atoms in total. The van der Waals surface area contributed by atoms with Gasteiger partial charge in [0, 0.05) is 13.1 Å². The molecule has 1 aliphatic heterocycles. The van der Waals surface area contributed by atoms with Crippen molar-refractivity contribution in [3.8, 4) is 6.07 Å². The van der Waals surface area contributed by atoms with E-state index in [-0.39, 0.29) is 6.54 Å². The average molecular weight is 379 g/mol. The fourth-order valence-electron chi connectivity index (χ4n) is 3.46. The van der Waals surface area contributed by atoms with Crippen LogP contribution >= 0.6 is 0 Å². The van der Waals surface area contributed by atoms with E-state index >= 15 is 0 Å². The lowest BCUT2D eigenvalue weighted by Crippen LogP contribution is -2.48. The molecule has 150 valence electrons. The summed E-state index contributed by atoms with van der Waals surface area (Å²) in [7, 11) is 0. The lowest BCUT2D eigenvalue weighted by molar-refractivity contribution is -0.154. The molecule has 27 heavy (non-hydrogen) atoms. The number of likely N-dealkylation sites (tertiary alicyclic amines) is 1. The van der Waals surface area contributed by atoms with Crippen LogP contribution in [0.4, 0.5) is 4.79 Å². The van der Waals surface area contributed by atoms with E-state index in [1.165, 1.54) is 4.90 Å². The third kappa shape index (κ3) is 6.12. The lowest BCUT2D eigenvalue weighted by Gasteiger charge is -2.33. The van der Waals surface area contributed by atoms with Crippen molar-refractivity contribution in [3.63, 3.8) is 0 Å². The predicted octanol–water partition coefficient (Wildman–Crippen LogP) is 2.13. The molecule has 1 atom stereocenters. The number of rotatable bonds is 4. The standard InChI is InChI=1S/C19H29N3O5/c1-18(2,3)27-17(25)22-10-6-7-14(11-22)16(24)26-12-15(23)21-19(13-20)8-4-5-9-19/h14H,4-12H2,1-3H3,(H,21,23). The summed E-state index contributed by atoms with van der Waals surface area (Å²) in [6.45, 7) is 5.71. The van der Waals surface area contributed by atoms with E-state index in [4.69, 9.17) is 9.47 Å². The van der Waals surface area contributed by atoms with E-state index in [2.05, 4.69) is 11.4 Å². The molecule has 1 unspecified atom stereocenters. The van der Waals surface area contributed by atoms with Gasteiger partial charge < -0.3 is 19.7 Å². The fourth-order valence-corrected chi connectivity index (χ4v) is 3.46. The normalized spacial score (nSPS) is 21.9. The molecule has 1 aliphatic carbocycles. The number of esters is 1. The summed E-state index contributed by atoms with van der Waals surface area (Å²) >= 11 is 0. The molecule has 1 saturated heterocycles. The summed E-state index contributed by atoms with van der Waals surface area (Å²) in [4.78, 5) is 38.0. The third-order valence-electron chi connectivity index (χ3n) is 4.80. The minimum absolute atomic E-state index is 0.220. The molecule has 1 heterocycles. The Bertz CT molecular complexity index is 614. The van der Waals surface area contributed by atoms with Gasteiger partial charge in [0.25, 0.3) is 5.91 Å². The molecule has 0 radical (unpaired) electrons. The van der Waals surface area contributed by atoms with Crippen molar-refractivity contribution in [3.05, 3.63) is 0 Å². The van der Waals surface area contributed by atoms with Crippen molar-refractivity contribution >= 4 is 18.0 Å². The maximum Gasteiger partial charge on any atom is 0.410 e. The molecule has 0 aromatic rings. The number of hydrogen-bond donors (Lipinski definition) is 1. The monoisotopic (exact) mass is 379 g/mol. The number of carbonyl (C=O) groups excluding carboxylic acids is 3. The summed E-state index contributed by atoms with van der Waals surface area (Å²) in [6.07, 6.45) is 3.86. The van der Waals surface area contributed by atoms with Gasteiger partial charge in [-0.15, -0.1) is 0 Å². The first-order chi connectivity index (χ1) is 12.6. The number of carbonyl (C=O) groups is 3. The summed E-state index contributed by atoms with van der Waals surface area (Å²) in [5.41, 5.74) is -1.43. The maximum absolute atomic E-state index is 12.3. The Morgan fingerprint density at radius 3 is 2.48 bits per heavy atom. The molecule has 8 heteroatoms. The molecule has 0 aromatic heterocycles. The summed E-state index contributed by atoms with van der Waals surface area (Å²) in [5.74, 6) is -1.45. The van der Waals surface area contributed by atoms with Crippen LogP contribution in [0.1, 0.15) is 59.3 Å². The second-order valence-electron chi connectivity index (χ2n) is 8.32. The van der Waals surface area contributed by atoms with E-state index in [1.807, 2.05) is 0 Å². The van der Waals surface area contributed by atoms with Crippen LogP contribution < -0.4 is 5.32 Å². The van der Waals surface area contributed by atoms with Gasteiger partial charge in [0.1, 0.15) is 11.1 Å². The number of nitriles is 1. The highest BCUT2D eigenvalue weighted by atomic mass is 16.6. The predicted molar refractivity (Wildman–Crippen MR) is 96.4 cm³/mol. The zero-order chi connectivity index (χ0) is 20.1. The highest BCUT2D eigenvalue weighted by Crippen LogP contribution is 2.28. The van der Waals surface area contributed by atoms with E-state index in [1.54, 1.807) is 20.8 Å². The van der Waals surface area contributed by atoms with Gasteiger partial charge in [0.05, 0.1) is 12.0 Å². The van der Waals surface area contributed by atoms with E-state index in [0.29, 0.717) is 32.2 Å².